The highest BCUT2D eigenvalue weighted by atomic mass is 35.5. The topological polar surface area (TPSA) is 118 Å². The molecule has 0 saturated heterocycles. The van der Waals surface area contributed by atoms with Crippen molar-refractivity contribution in [3.8, 4) is 0 Å². The van der Waals surface area contributed by atoms with Crippen molar-refractivity contribution in [2.45, 2.75) is 25.8 Å². The molecule has 27 heavy (non-hydrogen) atoms. The molecule has 0 fully saturated rings. The Morgan fingerprint density at radius 1 is 1.00 bits per heavy atom. The van der Waals surface area contributed by atoms with Crippen LogP contribution in [0.15, 0.2) is 61.6 Å². The van der Waals surface area contributed by atoms with Crippen LogP contribution in [-0.2, 0) is 19.2 Å². The van der Waals surface area contributed by atoms with E-state index in [2.05, 4.69) is 20.0 Å². The van der Waals surface area contributed by atoms with Crippen molar-refractivity contribution in [1.29, 1.82) is 0 Å². The number of halogens is 1. The van der Waals surface area contributed by atoms with E-state index in [1.54, 1.807) is 19.1 Å². The molecule has 0 spiro atoms. The molecule has 0 bridgehead atoms. The minimum Gasteiger partial charge on any atom is -0.211 e. The maximum Gasteiger partial charge on any atom is 0.240 e. The van der Waals surface area contributed by atoms with Crippen molar-refractivity contribution in [2.24, 2.45) is 20.0 Å². The Bertz CT molecular complexity index is 975. The monoisotopic (exact) mass is 384 g/mol. The Morgan fingerprint density at radius 2 is 1.67 bits per heavy atom. The SMILES string of the molecule is CC1=C(N=C=O)CC(C)(N=C=O)C=C1.O=C=Nc1ccc(Cl)c(N=C=O)c1. The molecule has 8 nitrogen and oxygen atoms in total. The third-order valence-electron chi connectivity index (χ3n) is 3.43. The van der Waals surface area contributed by atoms with E-state index in [4.69, 9.17) is 11.6 Å². The van der Waals surface area contributed by atoms with Gasteiger partial charge in [0.25, 0.3) is 0 Å². The fourth-order valence-electron chi connectivity index (χ4n) is 2.06. The van der Waals surface area contributed by atoms with Crippen LogP contribution in [0.1, 0.15) is 20.3 Å². The second-order valence-electron chi connectivity index (χ2n) is 5.45. The maximum absolute atomic E-state index is 10.2. The Balaban J connectivity index is 0.000000271. The second kappa shape index (κ2) is 10.5. The van der Waals surface area contributed by atoms with Crippen LogP contribution in [0.4, 0.5) is 11.4 Å². The first-order chi connectivity index (χ1) is 12.9. The van der Waals surface area contributed by atoms with Crippen molar-refractivity contribution in [2.75, 3.05) is 0 Å². The Kier molecular flexibility index (Phi) is 8.37. The number of aliphatic imine (C=N–C) groups is 4. The number of allylic oxidation sites excluding steroid dienone is 2. The predicted octanol–water partition coefficient (Wildman–Crippen LogP) is 3.93. The Morgan fingerprint density at radius 3 is 2.26 bits per heavy atom. The molecular weight excluding hydrogens is 372 g/mol. The molecule has 0 saturated carbocycles. The molecule has 1 aliphatic rings. The van der Waals surface area contributed by atoms with Crippen LogP contribution in [0.2, 0.25) is 5.02 Å². The van der Waals surface area contributed by atoms with E-state index >= 15 is 0 Å². The highest BCUT2D eigenvalue weighted by Crippen LogP contribution is 2.30. The van der Waals surface area contributed by atoms with Gasteiger partial charge in [0.2, 0.25) is 24.3 Å². The van der Waals surface area contributed by atoms with Crippen LogP contribution in [0, 0.1) is 0 Å². The van der Waals surface area contributed by atoms with Gasteiger partial charge in [0.05, 0.1) is 27.6 Å². The molecule has 0 aromatic heterocycles. The molecular formula is C18H13ClN4O4. The lowest BCUT2D eigenvalue weighted by Crippen LogP contribution is -2.21. The zero-order valence-electron chi connectivity index (χ0n) is 14.4. The summed E-state index contributed by atoms with van der Waals surface area (Å²) in [7, 11) is 0. The minimum atomic E-state index is -0.628. The largest absolute Gasteiger partial charge is 0.240 e. The second-order valence-corrected chi connectivity index (χ2v) is 5.85. The number of isocyanates is 4. The van der Waals surface area contributed by atoms with Gasteiger partial charge in [-0.25, -0.2) is 19.2 Å². The molecule has 1 atom stereocenters. The highest BCUT2D eigenvalue weighted by molar-refractivity contribution is 6.33. The highest BCUT2D eigenvalue weighted by Gasteiger charge is 2.25. The van der Waals surface area contributed by atoms with Crippen LogP contribution in [0.5, 0.6) is 0 Å². The summed E-state index contributed by atoms with van der Waals surface area (Å²) in [4.78, 5) is 54.0. The van der Waals surface area contributed by atoms with Crippen molar-refractivity contribution in [1.82, 2.24) is 0 Å². The molecule has 0 N–H and O–H groups in total. The number of carbonyl (C=O) groups excluding carboxylic acids is 4. The number of rotatable bonds is 4. The molecule has 2 rings (SSSR count). The fourth-order valence-corrected chi connectivity index (χ4v) is 2.22. The molecule has 0 amide bonds. The molecule has 0 aliphatic heterocycles. The third kappa shape index (κ3) is 6.73. The zero-order valence-corrected chi connectivity index (χ0v) is 15.1. The predicted molar refractivity (Wildman–Crippen MR) is 98.1 cm³/mol. The standard InChI is InChI=1S/C10H10N2O2.C8H3ClN2O2/c1-8-3-4-10(2,12-7-14)5-9(8)11-6-13;9-7-2-1-6(10-4-12)3-8(7)11-5-13/h3-4H,5H2,1-2H3;1-3H. The molecule has 1 aromatic carbocycles. The van der Waals surface area contributed by atoms with Gasteiger partial charge in [0.15, 0.2) is 0 Å². The summed E-state index contributed by atoms with van der Waals surface area (Å²) in [6.07, 6.45) is 9.74. The fraction of sp³-hybridized carbons (Fsp3) is 0.222. The Hall–Kier alpha value is -3.49. The summed E-state index contributed by atoms with van der Waals surface area (Å²) in [6, 6.07) is 4.38. The summed E-state index contributed by atoms with van der Waals surface area (Å²) < 4.78 is 0. The van der Waals surface area contributed by atoms with Gasteiger partial charge in [0, 0.05) is 6.42 Å². The van der Waals surface area contributed by atoms with Crippen LogP contribution < -0.4 is 0 Å². The third-order valence-corrected chi connectivity index (χ3v) is 3.74. The van der Waals surface area contributed by atoms with E-state index in [1.807, 2.05) is 6.92 Å². The zero-order chi connectivity index (χ0) is 20.3. The van der Waals surface area contributed by atoms with E-state index in [0.717, 1.165) is 5.57 Å². The van der Waals surface area contributed by atoms with E-state index < -0.39 is 5.54 Å². The van der Waals surface area contributed by atoms with Crippen LogP contribution in [-0.4, -0.2) is 29.9 Å². The first-order valence-electron chi connectivity index (χ1n) is 7.40. The van der Waals surface area contributed by atoms with Crippen LogP contribution in [0.3, 0.4) is 0 Å². The van der Waals surface area contributed by atoms with Gasteiger partial charge in [-0.15, -0.1) is 0 Å². The number of benzene rings is 1. The quantitative estimate of drug-likeness (QED) is 0.577. The van der Waals surface area contributed by atoms with E-state index in [-0.39, 0.29) is 5.69 Å². The van der Waals surface area contributed by atoms with Crippen LogP contribution >= 0.6 is 11.6 Å². The van der Waals surface area contributed by atoms with Gasteiger partial charge in [-0.05, 0) is 37.6 Å². The summed E-state index contributed by atoms with van der Waals surface area (Å²) in [5, 5.41) is 0.299. The molecule has 1 aromatic rings. The minimum absolute atomic E-state index is 0.230. The molecule has 136 valence electrons. The van der Waals surface area contributed by atoms with Gasteiger partial charge < -0.3 is 0 Å². The van der Waals surface area contributed by atoms with Gasteiger partial charge in [-0.3, -0.25) is 0 Å². The van der Waals surface area contributed by atoms with Gasteiger partial charge in [0.1, 0.15) is 0 Å². The van der Waals surface area contributed by atoms with Crippen molar-refractivity contribution in [3.05, 3.63) is 46.6 Å². The van der Waals surface area contributed by atoms with E-state index in [1.165, 1.54) is 42.5 Å². The van der Waals surface area contributed by atoms with Crippen LogP contribution in [0.25, 0.3) is 0 Å². The van der Waals surface area contributed by atoms with Crippen molar-refractivity contribution in [3.63, 3.8) is 0 Å². The molecule has 0 radical (unpaired) electrons. The van der Waals surface area contributed by atoms with Gasteiger partial charge in [-0.2, -0.15) is 20.0 Å². The van der Waals surface area contributed by atoms with Gasteiger partial charge in [-0.1, -0.05) is 23.8 Å². The number of hydrogen-bond acceptors (Lipinski definition) is 8. The lowest BCUT2D eigenvalue weighted by Gasteiger charge is -2.23. The first-order valence-corrected chi connectivity index (χ1v) is 7.78. The summed E-state index contributed by atoms with van der Waals surface area (Å²) in [6.45, 7) is 3.62. The Labute approximate surface area is 159 Å². The molecule has 1 unspecified atom stereocenters. The van der Waals surface area contributed by atoms with Gasteiger partial charge >= 0.3 is 0 Å². The summed E-state index contributed by atoms with van der Waals surface area (Å²) in [5.74, 6) is 0. The van der Waals surface area contributed by atoms with Crippen molar-refractivity contribution < 1.29 is 19.2 Å². The lowest BCUT2D eigenvalue weighted by molar-refractivity contribution is 0.529. The average molecular weight is 385 g/mol. The van der Waals surface area contributed by atoms with E-state index in [0.29, 0.717) is 22.8 Å². The summed E-state index contributed by atoms with van der Waals surface area (Å²) >= 11 is 5.66. The normalized spacial score (nSPS) is 17.1. The molecule has 1 aliphatic carbocycles. The summed E-state index contributed by atoms with van der Waals surface area (Å²) in [5.41, 5.74) is 1.45. The number of nitrogens with zero attached hydrogens (tertiary/aromatic N) is 4. The van der Waals surface area contributed by atoms with E-state index in [9.17, 15) is 19.2 Å². The molecule has 9 heteroatoms. The lowest BCUT2D eigenvalue weighted by atomic mass is 9.89. The smallest absolute Gasteiger partial charge is 0.211 e. The molecule has 0 heterocycles. The average Bonchev–Trinajstić information content (AvgIpc) is 2.63. The maximum atomic E-state index is 10.2. The van der Waals surface area contributed by atoms with Crippen molar-refractivity contribution >= 4 is 47.3 Å². The first kappa shape index (κ1) is 21.6. The number of hydrogen-bond donors (Lipinski definition) is 0.